The highest BCUT2D eigenvalue weighted by Gasteiger charge is 2.21. The summed E-state index contributed by atoms with van der Waals surface area (Å²) in [4.78, 5) is 12.9. The van der Waals surface area contributed by atoms with Crippen LogP contribution in [0.2, 0.25) is 0 Å². The highest BCUT2D eigenvalue weighted by atomic mass is 16.6. The van der Waals surface area contributed by atoms with E-state index < -0.39 is 0 Å². The monoisotopic (exact) mass is 419 g/mol. The molecule has 0 bridgehead atoms. The van der Waals surface area contributed by atoms with Gasteiger partial charge in [-0.3, -0.25) is 15.0 Å². The maximum atomic E-state index is 10.9. The van der Waals surface area contributed by atoms with Crippen LogP contribution >= 0.6 is 0 Å². The highest BCUT2D eigenvalue weighted by molar-refractivity contribution is 5.35. The molecular formula is C25H29N3O3. The summed E-state index contributed by atoms with van der Waals surface area (Å²) in [6, 6.07) is 24.5. The van der Waals surface area contributed by atoms with Gasteiger partial charge in [-0.15, -0.1) is 0 Å². The van der Waals surface area contributed by atoms with E-state index in [1.54, 1.807) is 12.1 Å². The summed E-state index contributed by atoms with van der Waals surface area (Å²) < 4.78 is 5.97. The number of ether oxygens (including phenoxy) is 1. The van der Waals surface area contributed by atoms with Crippen LogP contribution in [0.3, 0.4) is 0 Å². The third-order valence-corrected chi connectivity index (χ3v) is 5.04. The van der Waals surface area contributed by atoms with Gasteiger partial charge in [0.2, 0.25) is 0 Å². The standard InChI is InChI=1S/C25H29N3O3/c1-25(2,18-26)19-27(16-20-11-13-22(14-12-20)28(29)30)17-21-7-6-10-24(15-21)31-23-8-4-3-5-9-23/h3-15H,16-19,26H2,1-2H3. The smallest absolute Gasteiger partial charge is 0.269 e. The van der Waals surface area contributed by atoms with Gasteiger partial charge < -0.3 is 10.5 Å². The van der Waals surface area contributed by atoms with Crippen LogP contribution < -0.4 is 10.5 Å². The molecule has 0 spiro atoms. The van der Waals surface area contributed by atoms with E-state index in [9.17, 15) is 10.1 Å². The van der Waals surface area contributed by atoms with Gasteiger partial charge in [0.15, 0.2) is 0 Å². The van der Waals surface area contributed by atoms with Gasteiger partial charge in [0, 0.05) is 31.8 Å². The topological polar surface area (TPSA) is 81.6 Å². The second-order valence-corrected chi connectivity index (χ2v) is 8.50. The zero-order valence-corrected chi connectivity index (χ0v) is 18.0. The van der Waals surface area contributed by atoms with Crippen LogP contribution in [0.25, 0.3) is 0 Å². The van der Waals surface area contributed by atoms with E-state index in [-0.39, 0.29) is 16.0 Å². The molecule has 0 fully saturated rings. The van der Waals surface area contributed by atoms with Crippen molar-refractivity contribution in [2.24, 2.45) is 11.1 Å². The van der Waals surface area contributed by atoms with Gasteiger partial charge in [0.25, 0.3) is 5.69 Å². The first kappa shape index (κ1) is 22.5. The van der Waals surface area contributed by atoms with Crippen molar-refractivity contribution in [1.82, 2.24) is 4.90 Å². The first-order chi connectivity index (χ1) is 14.8. The summed E-state index contributed by atoms with van der Waals surface area (Å²) in [6.07, 6.45) is 0. The van der Waals surface area contributed by atoms with Crippen molar-refractivity contribution in [2.75, 3.05) is 13.1 Å². The second kappa shape index (κ2) is 10.2. The Morgan fingerprint density at radius 1 is 0.903 bits per heavy atom. The van der Waals surface area contributed by atoms with Crippen molar-refractivity contribution in [3.8, 4) is 11.5 Å². The number of hydrogen-bond acceptors (Lipinski definition) is 5. The maximum Gasteiger partial charge on any atom is 0.269 e. The van der Waals surface area contributed by atoms with Crippen LogP contribution in [-0.2, 0) is 13.1 Å². The van der Waals surface area contributed by atoms with Gasteiger partial charge in [-0.05, 0) is 47.4 Å². The fraction of sp³-hybridized carbons (Fsp3) is 0.280. The van der Waals surface area contributed by atoms with Crippen LogP contribution in [0.4, 0.5) is 5.69 Å². The molecular weight excluding hydrogens is 390 g/mol. The fourth-order valence-corrected chi connectivity index (χ4v) is 3.41. The van der Waals surface area contributed by atoms with E-state index in [2.05, 4.69) is 24.8 Å². The van der Waals surface area contributed by atoms with E-state index in [0.29, 0.717) is 19.6 Å². The SMILES string of the molecule is CC(C)(CN)CN(Cc1ccc([N+](=O)[O-])cc1)Cc1cccc(Oc2ccccc2)c1. The zero-order valence-electron chi connectivity index (χ0n) is 18.0. The van der Waals surface area contributed by atoms with Gasteiger partial charge in [-0.2, -0.15) is 0 Å². The lowest BCUT2D eigenvalue weighted by Crippen LogP contribution is -2.38. The molecule has 0 atom stereocenters. The van der Waals surface area contributed by atoms with E-state index in [1.165, 1.54) is 0 Å². The quantitative estimate of drug-likeness (QED) is 0.353. The summed E-state index contributed by atoms with van der Waals surface area (Å²) in [6.45, 7) is 7.04. The number of para-hydroxylation sites is 1. The molecule has 3 rings (SSSR count). The molecule has 3 aromatic carbocycles. The lowest BCUT2D eigenvalue weighted by atomic mass is 9.92. The molecule has 0 heterocycles. The summed E-state index contributed by atoms with van der Waals surface area (Å²) in [5.74, 6) is 1.59. The minimum atomic E-state index is -0.378. The fourth-order valence-electron chi connectivity index (χ4n) is 3.41. The van der Waals surface area contributed by atoms with E-state index in [0.717, 1.165) is 29.2 Å². The van der Waals surface area contributed by atoms with Crippen LogP contribution in [-0.4, -0.2) is 22.9 Å². The van der Waals surface area contributed by atoms with Crippen LogP contribution in [0.15, 0.2) is 78.9 Å². The number of non-ortho nitro benzene ring substituents is 1. The average molecular weight is 420 g/mol. The van der Waals surface area contributed by atoms with E-state index in [4.69, 9.17) is 10.5 Å². The molecule has 0 aliphatic rings. The van der Waals surface area contributed by atoms with Crippen LogP contribution in [0.1, 0.15) is 25.0 Å². The predicted octanol–water partition coefficient (Wildman–Crippen LogP) is 5.37. The molecule has 0 aliphatic heterocycles. The normalized spacial score (nSPS) is 11.5. The average Bonchev–Trinajstić information content (AvgIpc) is 2.75. The summed E-state index contributed by atoms with van der Waals surface area (Å²) in [5, 5.41) is 10.9. The molecule has 6 heteroatoms. The Hall–Kier alpha value is -3.22. The minimum absolute atomic E-state index is 0.0566. The number of nitrogens with two attached hydrogens (primary N) is 1. The maximum absolute atomic E-state index is 10.9. The molecule has 0 radical (unpaired) electrons. The largest absolute Gasteiger partial charge is 0.457 e. The molecule has 0 aromatic heterocycles. The molecule has 6 nitrogen and oxygen atoms in total. The van der Waals surface area contributed by atoms with Crippen molar-refractivity contribution < 1.29 is 9.66 Å². The first-order valence-corrected chi connectivity index (χ1v) is 10.3. The lowest BCUT2D eigenvalue weighted by molar-refractivity contribution is -0.384. The molecule has 0 saturated carbocycles. The van der Waals surface area contributed by atoms with Gasteiger partial charge in [-0.1, -0.05) is 56.3 Å². The predicted molar refractivity (Wildman–Crippen MR) is 123 cm³/mol. The number of nitro benzene ring substituents is 1. The van der Waals surface area contributed by atoms with E-state index >= 15 is 0 Å². The molecule has 2 N–H and O–H groups in total. The highest BCUT2D eigenvalue weighted by Crippen LogP contribution is 2.24. The summed E-state index contributed by atoms with van der Waals surface area (Å²) >= 11 is 0. The van der Waals surface area contributed by atoms with Gasteiger partial charge >= 0.3 is 0 Å². The van der Waals surface area contributed by atoms with Crippen molar-refractivity contribution in [3.63, 3.8) is 0 Å². The van der Waals surface area contributed by atoms with Crippen molar-refractivity contribution >= 4 is 5.69 Å². The first-order valence-electron chi connectivity index (χ1n) is 10.3. The molecule has 0 saturated heterocycles. The molecule has 31 heavy (non-hydrogen) atoms. The minimum Gasteiger partial charge on any atom is -0.457 e. The van der Waals surface area contributed by atoms with Crippen molar-refractivity contribution in [2.45, 2.75) is 26.9 Å². The molecule has 162 valence electrons. The Morgan fingerprint density at radius 2 is 1.55 bits per heavy atom. The number of rotatable bonds is 10. The van der Waals surface area contributed by atoms with Gasteiger partial charge in [0.05, 0.1) is 4.92 Å². The lowest BCUT2D eigenvalue weighted by Gasteiger charge is -2.32. The zero-order chi connectivity index (χ0) is 22.3. The Kier molecular flexibility index (Phi) is 7.39. The molecule has 0 amide bonds. The molecule has 0 unspecified atom stereocenters. The van der Waals surface area contributed by atoms with Crippen molar-refractivity contribution in [1.29, 1.82) is 0 Å². The Balaban J connectivity index is 1.76. The number of nitro groups is 1. The Morgan fingerprint density at radius 3 is 2.19 bits per heavy atom. The van der Waals surface area contributed by atoms with Crippen LogP contribution in [0, 0.1) is 15.5 Å². The van der Waals surface area contributed by atoms with Crippen molar-refractivity contribution in [3.05, 3.63) is 100 Å². The Bertz CT molecular complexity index is 988. The summed E-state index contributed by atoms with van der Waals surface area (Å²) in [7, 11) is 0. The van der Waals surface area contributed by atoms with Gasteiger partial charge in [-0.25, -0.2) is 0 Å². The van der Waals surface area contributed by atoms with Crippen LogP contribution in [0.5, 0.6) is 11.5 Å². The number of benzene rings is 3. The number of hydrogen-bond donors (Lipinski definition) is 1. The van der Waals surface area contributed by atoms with E-state index in [1.807, 2.05) is 60.7 Å². The second-order valence-electron chi connectivity index (χ2n) is 8.50. The third kappa shape index (κ3) is 6.91. The third-order valence-electron chi connectivity index (χ3n) is 5.04. The summed E-state index contributed by atoms with van der Waals surface area (Å²) in [5.41, 5.74) is 8.18. The Labute approximate surface area is 183 Å². The van der Waals surface area contributed by atoms with Gasteiger partial charge in [0.1, 0.15) is 11.5 Å². The molecule has 0 aliphatic carbocycles. The number of nitrogens with zero attached hydrogens (tertiary/aromatic N) is 2. The molecule has 3 aromatic rings.